The number of allylic oxidation sites excluding steroid dienone is 1. The van der Waals surface area contributed by atoms with Gasteiger partial charge < -0.3 is 9.94 Å². The molecule has 0 unspecified atom stereocenters. The van der Waals surface area contributed by atoms with Crippen LogP contribution in [0.25, 0.3) is 0 Å². The Morgan fingerprint density at radius 1 is 1.82 bits per heavy atom. The minimum atomic E-state index is -0.793. The van der Waals surface area contributed by atoms with E-state index < -0.39 is 5.97 Å². The van der Waals surface area contributed by atoms with Crippen molar-refractivity contribution in [2.75, 3.05) is 7.11 Å². The van der Waals surface area contributed by atoms with Crippen LogP contribution in [0, 0.1) is 11.3 Å². The molecule has 0 radical (unpaired) electrons. The maximum absolute atomic E-state index is 10.6. The lowest BCUT2D eigenvalue weighted by Gasteiger charge is -1.93. The molecular weight excluding hydrogens is 148 g/mol. The lowest BCUT2D eigenvalue weighted by molar-refractivity contribution is -0.132. The van der Waals surface area contributed by atoms with Gasteiger partial charge in [0.25, 0.3) is 0 Å². The van der Waals surface area contributed by atoms with Crippen LogP contribution in [0.5, 0.6) is 0 Å². The molecule has 0 saturated carbocycles. The lowest BCUT2D eigenvalue weighted by Crippen LogP contribution is -2.12. The second-order valence-electron chi connectivity index (χ2n) is 1.44. The fraction of sp³-hybridized carbons (Fsp3) is 0.167. The smallest absolute Gasteiger partial charge is 0.360 e. The highest BCUT2D eigenvalue weighted by Crippen LogP contribution is 1.84. The number of esters is 1. The molecule has 0 aliphatic carbocycles. The Morgan fingerprint density at radius 3 is 2.82 bits per heavy atom. The maximum Gasteiger partial charge on any atom is 0.360 e. The van der Waals surface area contributed by atoms with E-state index in [-0.39, 0.29) is 5.71 Å². The predicted molar refractivity (Wildman–Crippen MR) is 36.0 cm³/mol. The van der Waals surface area contributed by atoms with Gasteiger partial charge in [0.15, 0.2) is 5.71 Å². The summed E-state index contributed by atoms with van der Waals surface area (Å²) in [5.74, 6) is -0.793. The Bertz CT molecular complexity index is 237. The van der Waals surface area contributed by atoms with Gasteiger partial charge in [0.2, 0.25) is 0 Å². The average molecular weight is 154 g/mol. The first-order chi connectivity index (χ1) is 5.26. The van der Waals surface area contributed by atoms with Crippen LogP contribution in [0.4, 0.5) is 0 Å². The minimum absolute atomic E-state index is 0.311. The number of hydrogen-bond donors (Lipinski definition) is 1. The van der Waals surface area contributed by atoms with Crippen LogP contribution in [-0.4, -0.2) is 24.0 Å². The molecule has 0 fully saturated rings. The van der Waals surface area contributed by atoms with Gasteiger partial charge in [-0.1, -0.05) is 5.16 Å². The number of carbonyl (C=O) groups excluding carboxylic acids is 1. The number of methoxy groups -OCH3 is 1. The molecule has 0 rings (SSSR count). The second-order valence-corrected chi connectivity index (χ2v) is 1.44. The van der Waals surface area contributed by atoms with Gasteiger partial charge in [-0.2, -0.15) is 5.26 Å². The second kappa shape index (κ2) is 4.99. The van der Waals surface area contributed by atoms with E-state index in [1.807, 2.05) is 0 Å². The fourth-order valence-electron chi connectivity index (χ4n) is 0.363. The number of nitriles is 1. The van der Waals surface area contributed by atoms with Crippen LogP contribution in [-0.2, 0) is 9.53 Å². The molecule has 0 aliphatic heterocycles. The normalized spacial score (nSPS) is 11.1. The standard InChI is InChI=1S/C6H6N2O3/c1-11-6(9)5(8-10)3-2-4-7/h2-3,10H,1H3/b3-2+,8-5+. The van der Waals surface area contributed by atoms with Crippen molar-refractivity contribution < 1.29 is 14.7 Å². The number of ether oxygens (including phenoxy) is 1. The summed E-state index contributed by atoms with van der Waals surface area (Å²) >= 11 is 0. The van der Waals surface area contributed by atoms with Crippen molar-refractivity contribution >= 4 is 11.7 Å². The minimum Gasteiger partial charge on any atom is -0.464 e. The summed E-state index contributed by atoms with van der Waals surface area (Å²) in [5.41, 5.74) is -0.311. The van der Waals surface area contributed by atoms with E-state index in [9.17, 15) is 4.79 Å². The van der Waals surface area contributed by atoms with E-state index in [0.29, 0.717) is 0 Å². The molecule has 0 aromatic carbocycles. The van der Waals surface area contributed by atoms with E-state index in [4.69, 9.17) is 10.5 Å². The number of oxime groups is 1. The predicted octanol–water partition coefficient (Wildman–Crippen LogP) is 0.0694. The molecular formula is C6H6N2O3. The molecule has 0 amide bonds. The molecule has 0 aromatic rings. The highest BCUT2D eigenvalue weighted by atomic mass is 16.5. The molecule has 0 heterocycles. The molecule has 11 heavy (non-hydrogen) atoms. The largest absolute Gasteiger partial charge is 0.464 e. The molecule has 0 bridgehead atoms. The quantitative estimate of drug-likeness (QED) is 0.200. The first kappa shape index (κ1) is 9.17. The number of carbonyl (C=O) groups is 1. The van der Waals surface area contributed by atoms with Crippen molar-refractivity contribution in [3.05, 3.63) is 12.2 Å². The Balaban J connectivity index is 4.35. The summed E-state index contributed by atoms with van der Waals surface area (Å²) in [6.45, 7) is 0. The summed E-state index contributed by atoms with van der Waals surface area (Å²) in [5, 5.41) is 18.8. The third kappa shape index (κ3) is 3.01. The van der Waals surface area contributed by atoms with Crippen molar-refractivity contribution in [3.8, 4) is 6.07 Å². The van der Waals surface area contributed by atoms with Gasteiger partial charge in [-0.25, -0.2) is 4.79 Å². The van der Waals surface area contributed by atoms with Crippen molar-refractivity contribution in [1.82, 2.24) is 0 Å². The topological polar surface area (TPSA) is 82.7 Å². The van der Waals surface area contributed by atoms with Gasteiger partial charge in [-0.05, 0) is 6.08 Å². The Kier molecular flexibility index (Phi) is 4.16. The molecule has 0 aromatic heterocycles. The average Bonchev–Trinajstić information content (AvgIpc) is 2.05. The van der Waals surface area contributed by atoms with Gasteiger partial charge in [0, 0.05) is 6.08 Å². The first-order valence-corrected chi connectivity index (χ1v) is 2.62. The molecule has 1 N–H and O–H groups in total. The Morgan fingerprint density at radius 2 is 2.45 bits per heavy atom. The first-order valence-electron chi connectivity index (χ1n) is 2.62. The van der Waals surface area contributed by atoms with Gasteiger partial charge >= 0.3 is 5.97 Å². The third-order valence-electron chi connectivity index (χ3n) is 0.818. The SMILES string of the molecule is COC(=O)C(/C=C/C#N)=N/O. The fourth-order valence-corrected chi connectivity index (χ4v) is 0.363. The van der Waals surface area contributed by atoms with E-state index in [1.165, 1.54) is 0 Å². The molecule has 0 atom stereocenters. The van der Waals surface area contributed by atoms with Gasteiger partial charge in [0.1, 0.15) is 0 Å². The van der Waals surface area contributed by atoms with Crippen LogP contribution in [0.3, 0.4) is 0 Å². The highest BCUT2D eigenvalue weighted by Gasteiger charge is 2.06. The van der Waals surface area contributed by atoms with Crippen molar-refractivity contribution in [1.29, 1.82) is 5.26 Å². The van der Waals surface area contributed by atoms with Crippen LogP contribution >= 0.6 is 0 Å². The van der Waals surface area contributed by atoms with Crippen molar-refractivity contribution in [2.45, 2.75) is 0 Å². The van der Waals surface area contributed by atoms with Crippen LogP contribution in [0.1, 0.15) is 0 Å². The van der Waals surface area contributed by atoms with E-state index in [2.05, 4.69) is 9.89 Å². The number of rotatable bonds is 2. The van der Waals surface area contributed by atoms with Gasteiger partial charge in [-0.3, -0.25) is 0 Å². The summed E-state index contributed by atoms with van der Waals surface area (Å²) in [6, 6.07) is 1.63. The maximum atomic E-state index is 10.6. The Hall–Kier alpha value is -1.83. The molecule has 5 nitrogen and oxygen atoms in total. The summed E-state index contributed by atoms with van der Waals surface area (Å²) in [4.78, 5) is 10.6. The zero-order valence-corrected chi connectivity index (χ0v) is 5.81. The van der Waals surface area contributed by atoms with E-state index in [0.717, 1.165) is 19.3 Å². The lowest BCUT2D eigenvalue weighted by atomic mass is 10.3. The van der Waals surface area contributed by atoms with E-state index >= 15 is 0 Å². The van der Waals surface area contributed by atoms with Crippen molar-refractivity contribution in [2.24, 2.45) is 5.16 Å². The molecule has 5 heteroatoms. The highest BCUT2D eigenvalue weighted by molar-refractivity contribution is 6.41. The van der Waals surface area contributed by atoms with Crippen LogP contribution in [0.15, 0.2) is 17.3 Å². The van der Waals surface area contributed by atoms with Crippen LogP contribution < -0.4 is 0 Å². The number of hydrogen-bond acceptors (Lipinski definition) is 5. The van der Waals surface area contributed by atoms with Gasteiger partial charge in [-0.15, -0.1) is 0 Å². The Labute approximate surface area is 63.2 Å². The molecule has 0 spiro atoms. The summed E-state index contributed by atoms with van der Waals surface area (Å²) in [6.07, 6.45) is 2.05. The van der Waals surface area contributed by atoms with Crippen LogP contribution in [0.2, 0.25) is 0 Å². The summed E-state index contributed by atoms with van der Waals surface area (Å²) in [7, 11) is 1.15. The molecule has 0 saturated heterocycles. The van der Waals surface area contributed by atoms with Crippen molar-refractivity contribution in [3.63, 3.8) is 0 Å². The van der Waals surface area contributed by atoms with E-state index in [1.54, 1.807) is 6.07 Å². The summed E-state index contributed by atoms with van der Waals surface area (Å²) < 4.78 is 4.21. The van der Waals surface area contributed by atoms with Gasteiger partial charge in [0.05, 0.1) is 13.2 Å². The number of nitrogens with zero attached hydrogens (tertiary/aromatic N) is 2. The third-order valence-corrected chi connectivity index (χ3v) is 0.818. The molecule has 58 valence electrons. The zero-order chi connectivity index (χ0) is 8.69. The molecule has 0 aliphatic rings. The monoisotopic (exact) mass is 154 g/mol. The zero-order valence-electron chi connectivity index (χ0n) is 5.81.